The Morgan fingerprint density at radius 1 is 1.38 bits per heavy atom. The Labute approximate surface area is 149 Å². The number of hydrogen-bond donors (Lipinski definition) is 0. The van der Waals surface area contributed by atoms with E-state index in [-0.39, 0.29) is 22.8 Å². The molecule has 0 radical (unpaired) electrons. The van der Waals surface area contributed by atoms with Gasteiger partial charge in [0.15, 0.2) is 5.82 Å². The van der Waals surface area contributed by atoms with Crippen LogP contribution in [0.2, 0.25) is 0 Å². The van der Waals surface area contributed by atoms with Crippen molar-refractivity contribution in [2.24, 2.45) is 0 Å². The summed E-state index contributed by atoms with van der Waals surface area (Å²) in [6, 6.07) is 3.54. The SMILES string of the molecule is CCn1cc(C(=O)N2CC[C@H](c3ncon3)C2)c(=O)c2ccc(C)nc21. The van der Waals surface area contributed by atoms with Crippen molar-refractivity contribution in [3.05, 3.63) is 52.0 Å². The first-order valence-electron chi connectivity index (χ1n) is 8.64. The average molecular weight is 353 g/mol. The Morgan fingerprint density at radius 3 is 2.96 bits per heavy atom. The maximum atomic E-state index is 13.0. The number of carbonyl (C=O) groups is 1. The van der Waals surface area contributed by atoms with E-state index in [0.29, 0.717) is 36.5 Å². The number of likely N-dealkylation sites (tertiary alicyclic amines) is 1. The Hall–Kier alpha value is -3.03. The number of aromatic nitrogens is 4. The Balaban J connectivity index is 1.70. The second-order valence-electron chi connectivity index (χ2n) is 6.51. The molecule has 1 amide bonds. The van der Waals surface area contributed by atoms with E-state index in [2.05, 4.69) is 15.1 Å². The first kappa shape index (κ1) is 16.4. The molecule has 3 aromatic rings. The van der Waals surface area contributed by atoms with Gasteiger partial charge < -0.3 is 14.0 Å². The Kier molecular flexibility index (Phi) is 4.02. The van der Waals surface area contributed by atoms with Gasteiger partial charge in [0.25, 0.3) is 5.91 Å². The minimum atomic E-state index is -0.273. The molecular formula is C18H19N5O3. The number of aryl methyl sites for hydroxylation is 2. The van der Waals surface area contributed by atoms with Crippen LogP contribution in [0.4, 0.5) is 0 Å². The molecule has 0 saturated carbocycles. The molecule has 0 unspecified atom stereocenters. The largest absolute Gasteiger partial charge is 0.343 e. The summed E-state index contributed by atoms with van der Waals surface area (Å²) in [4.78, 5) is 36.1. The van der Waals surface area contributed by atoms with Crippen LogP contribution in [0.25, 0.3) is 11.0 Å². The molecule has 1 aliphatic rings. The molecule has 0 aliphatic carbocycles. The summed E-state index contributed by atoms with van der Waals surface area (Å²) in [5.74, 6) is 0.381. The highest BCUT2D eigenvalue weighted by atomic mass is 16.5. The smallest absolute Gasteiger partial charge is 0.259 e. The van der Waals surface area contributed by atoms with Crippen molar-refractivity contribution in [2.75, 3.05) is 13.1 Å². The molecule has 26 heavy (non-hydrogen) atoms. The lowest BCUT2D eigenvalue weighted by Crippen LogP contribution is -2.33. The highest BCUT2D eigenvalue weighted by Gasteiger charge is 2.31. The summed E-state index contributed by atoms with van der Waals surface area (Å²) in [5, 5.41) is 4.33. The topological polar surface area (TPSA) is 94.1 Å². The predicted molar refractivity (Wildman–Crippen MR) is 94.0 cm³/mol. The van der Waals surface area contributed by atoms with Gasteiger partial charge in [-0.15, -0.1) is 0 Å². The third-order valence-corrected chi connectivity index (χ3v) is 4.85. The molecule has 0 N–H and O–H groups in total. The number of hydrogen-bond acceptors (Lipinski definition) is 6. The van der Waals surface area contributed by atoms with Crippen LogP contribution in [0, 0.1) is 6.92 Å². The third-order valence-electron chi connectivity index (χ3n) is 4.85. The number of nitrogens with zero attached hydrogens (tertiary/aromatic N) is 5. The number of rotatable bonds is 3. The van der Waals surface area contributed by atoms with Crippen LogP contribution in [-0.4, -0.2) is 43.6 Å². The summed E-state index contributed by atoms with van der Waals surface area (Å²) < 4.78 is 6.64. The molecule has 4 rings (SSSR count). The van der Waals surface area contributed by atoms with Gasteiger partial charge in [0.05, 0.1) is 5.39 Å². The molecule has 0 aromatic carbocycles. The lowest BCUT2D eigenvalue weighted by molar-refractivity contribution is 0.0788. The van der Waals surface area contributed by atoms with E-state index in [1.165, 1.54) is 6.39 Å². The lowest BCUT2D eigenvalue weighted by Gasteiger charge is -2.17. The van der Waals surface area contributed by atoms with Gasteiger partial charge in [-0.3, -0.25) is 9.59 Å². The van der Waals surface area contributed by atoms with Crippen molar-refractivity contribution >= 4 is 16.9 Å². The van der Waals surface area contributed by atoms with Crippen LogP contribution < -0.4 is 5.43 Å². The van der Waals surface area contributed by atoms with Crippen LogP contribution in [0.15, 0.2) is 34.0 Å². The summed E-state index contributed by atoms with van der Waals surface area (Å²) in [7, 11) is 0. The molecule has 1 fully saturated rings. The molecule has 134 valence electrons. The Morgan fingerprint density at radius 2 is 2.23 bits per heavy atom. The quantitative estimate of drug-likeness (QED) is 0.712. The molecule has 8 heteroatoms. The van der Waals surface area contributed by atoms with Gasteiger partial charge in [-0.2, -0.15) is 4.98 Å². The van der Waals surface area contributed by atoms with E-state index in [0.717, 1.165) is 12.1 Å². The average Bonchev–Trinajstić information content (AvgIpc) is 3.33. The lowest BCUT2D eigenvalue weighted by atomic mass is 10.1. The number of amides is 1. The molecule has 0 spiro atoms. The molecular weight excluding hydrogens is 334 g/mol. The van der Waals surface area contributed by atoms with Crippen LogP contribution in [0.3, 0.4) is 0 Å². The fourth-order valence-electron chi connectivity index (χ4n) is 3.44. The molecule has 3 aromatic heterocycles. The third kappa shape index (κ3) is 2.67. The van der Waals surface area contributed by atoms with E-state index in [9.17, 15) is 9.59 Å². The van der Waals surface area contributed by atoms with Crippen LogP contribution in [0.5, 0.6) is 0 Å². The van der Waals surface area contributed by atoms with Gasteiger partial charge in [0, 0.05) is 37.4 Å². The van der Waals surface area contributed by atoms with E-state index in [1.807, 2.05) is 18.4 Å². The normalized spacial score (nSPS) is 17.2. The van der Waals surface area contributed by atoms with Crippen molar-refractivity contribution in [3.8, 4) is 0 Å². The van der Waals surface area contributed by atoms with Crippen molar-refractivity contribution in [2.45, 2.75) is 32.7 Å². The van der Waals surface area contributed by atoms with Crippen LogP contribution >= 0.6 is 0 Å². The fraction of sp³-hybridized carbons (Fsp3) is 0.389. The van der Waals surface area contributed by atoms with Gasteiger partial charge in [-0.05, 0) is 32.4 Å². The maximum Gasteiger partial charge on any atom is 0.259 e. The number of carbonyl (C=O) groups excluding carboxylic acids is 1. The summed E-state index contributed by atoms with van der Waals surface area (Å²) in [6.07, 6.45) is 3.67. The second kappa shape index (κ2) is 6.36. The van der Waals surface area contributed by atoms with Gasteiger partial charge >= 0.3 is 0 Å². The van der Waals surface area contributed by atoms with Crippen molar-refractivity contribution in [3.63, 3.8) is 0 Å². The highest BCUT2D eigenvalue weighted by molar-refractivity contribution is 5.97. The molecule has 0 bridgehead atoms. The highest BCUT2D eigenvalue weighted by Crippen LogP contribution is 2.25. The van der Waals surface area contributed by atoms with Crippen LogP contribution in [0.1, 0.15) is 41.1 Å². The fourth-order valence-corrected chi connectivity index (χ4v) is 3.44. The van der Waals surface area contributed by atoms with Crippen molar-refractivity contribution < 1.29 is 9.32 Å². The first-order valence-corrected chi connectivity index (χ1v) is 8.64. The minimum Gasteiger partial charge on any atom is -0.343 e. The van der Waals surface area contributed by atoms with E-state index < -0.39 is 0 Å². The van der Waals surface area contributed by atoms with Crippen LogP contribution in [-0.2, 0) is 6.54 Å². The maximum absolute atomic E-state index is 13.0. The summed E-state index contributed by atoms with van der Waals surface area (Å²) >= 11 is 0. The number of fused-ring (bicyclic) bond motifs is 1. The summed E-state index contributed by atoms with van der Waals surface area (Å²) in [6.45, 7) is 5.51. The predicted octanol–water partition coefficient (Wildman–Crippen LogP) is 1.74. The van der Waals surface area contributed by atoms with E-state index in [1.54, 1.807) is 23.2 Å². The standard InChI is InChI=1S/C18H19N5O3/c1-3-22-9-14(15(24)13-5-4-11(2)20-17(13)22)18(25)23-7-6-12(8-23)16-19-10-26-21-16/h4-5,9-10,12H,3,6-8H2,1-2H3/t12-/m0/s1. The first-order chi connectivity index (χ1) is 12.6. The molecule has 8 nitrogen and oxygen atoms in total. The molecule has 1 saturated heterocycles. The molecule has 1 aliphatic heterocycles. The van der Waals surface area contributed by atoms with Gasteiger partial charge in [0.2, 0.25) is 11.8 Å². The van der Waals surface area contributed by atoms with Gasteiger partial charge in [0.1, 0.15) is 11.2 Å². The second-order valence-corrected chi connectivity index (χ2v) is 6.51. The van der Waals surface area contributed by atoms with Crippen molar-refractivity contribution in [1.82, 2.24) is 24.6 Å². The zero-order valence-corrected chi connectivity index (χ0v) is 14.7. The zero-order valence-electron chi connectivity index (χ0n) is 14.7. The van der Waals surface area contributed by atoms with E-state index >= 15 is 0 Å². The summed E-state index contributed by atoms with van der Waals surface area (Å²) in [5.41, 5.74) is 1.35. The number of pyridine rings is 2. The monoisotopic (exact) mass is 353 g/mol. The molecule has 1 atom stereocenters. The van der Waals surface area contributed by atoms with Gasteiger partial charge in [-0.1, -0.05) is 5.16 Å². The van der Waals surface area contributed by atoms with Gasteiger partial charge in [-0.25, -0.2) is 4.98 Å². The van der Waals surface area contributed by atoms with E-state index in [4.69, 9.17) is 4.52 Å². The molecule has 4 heterocycles. The van der Waals surface area contributed by atoms with Crippen molar-refractivity contribution in [1.29, 1.82) is 0 Å². The minimum absolute atomic E-state index is 0.0378. The Bertz CT molecular complexity index is 1030. The zero-order chi connectivity index (χ0) is 18.3.